The van der Waals surface area contributed by atoms with Crippen LogP contribution in [0.15, 0.2) is 100 Å². The molecule has 9 heteroatoms. The van der Waals surface area contributed by atoms with Crippen LogP contribution < -0.4 is 4.90 Å². The largest absolute Gasteiger partial charge is 0.467 e. The highest BCUT2D eigenvalue weighted by molar-refractivity contribution is 6.23. The molecule has 0 saturated carbocycles. The van der Waals surface area contributed by atoms with E-state index in [1.54, 1.807) is 36.4 Å². The minimum Gasteiger partial charge on any atom is -0.467 e. The number of carbonyl (C=O) groups is 3. The van der Waals surface area contributed by atoms with E-state index in [0.29, 0.717) is 28.5 Å². The molecule has 188 valence electrons. The number of furan rings is 1. The van der Waals surface area contributed by atoms with Crippen LogP contribution in [0.5, 0.6) is 0 Å². The van der Waals surface area contributed by atoms with E-state index in [1.165, 1.54) is 35.4 Å². The van der Waals surface area contributed by atoms with E-state index in [9.17, 15) is 18.8 Å². The maximum absolute atomic E-state index is 14.5. The first-order valence-corrected chi connectivity index (χ1v) is 11.9. The highest BCUT2D eigenvalue weighted by atomic mass is 19.1. The molecule has 2 aromatic heterocycles. The summed E-state index contributed by atoms with van der Waals surface area (Å²) < 4.78 is 25.7. The molecule has 0 aliphatic carbocycles. The van der Waals surface area contributed by atoms with Gasteiger partial charge in [0.2, 0.25) is 11.8 Å². The first kappa shape index (κ1) is 23.4. The Kier molecular flexibility index (Phi) is 5.80. The maximum atomic E-state index is 14.5. The molecule has 0 spiro atoms. The van der Waals surface area contributed by atoms with Crippen molar-refractivity contribution >= 4 is 34.5 Å². The number of hydrogen-bond donors (Lipinski definition) is 0. The summed E-state index contributed by atoms with van der Waals surface area (Å²) in [7, 11) is 0. The van der Waals surface area contributed by atoms with Gasteiger partial charge in [0, 0.05) is 5.56 Å². The second-order valence-corrected chi connectivity index (χ2v) is 8.81. The van der Waals surface area contributed by atoms with Gasteiger partial charge in [0.15, 0.2) is 5.58 Å². The Bertz CT molecular complexity index is 1630. The molecular weight excluding hydrogens is 489 g/mol. The number of anilines is 1. The average Bonchev–Trinajstić information content (AvgIpc) is 3.66. The van der Waals surface area contributed by atoms with Gasteiger partial charge in [0.05, 0.1) is 30.5 Å². The van der Waals surface area contributed by atoms with Gasteiger partial charge in [-0.25, -0.2) is 14.3 Å². The van der Waals surface area contributed by atoms with Gasteiger partial charge in [-0.3, -0.25) is 14.4 Å². The van der Waals surface area contributed by atoms with Crippen molar-refractivity contribution in [1.82, 2.24) is 9.88 Å². The SMILES string of the molecule is O=C1CC(N(Cc2ccco2)C(=O)c2ccccc2F)C(=O)N1c1ccc(-c2nc3ccccc3o2)cc1. The zero-order chi connectivity index (χ0) is 26.2. The number of para-hydroxylation sites is 2. The lowest BCUT2D eigenvalue weighted by atomic mass is 10.1. The van der Waals surface area contributed by atoms with Crippen LogP contribution in [-0.2, 0) is 16.1 Å². The summed E-state index contributed by atoms with van der Waals surface area (Å²) in [5.74, 6) is -1.67. The Morgan fingerprint density at radius 3 is 2.47 bits per heavy atom. The second-order valence-electron chi connectivity index (χ2n) is 8.81. The van der Waals surface area contributed by atoms with E-state index >= 15 is 0 Å². The number of oxazole rings is 1. The van der Waals surface area contributed by atoms with E-state index in [1.807, 2.05) is 24.3 Å². The molecule has 0 bridgehead atoms. The Hall–Kier alpha value is -5.05. The third-order valence-electron chi connectivity index (χ3n) is 6.44. The predicted molar refractivity (Wildman–Crippen MR) is 135 cm³/mol. The maximum Gasteiger partial charge on any atom is 0.257 e. The normalized spacial score (nSPS) is 15.4. The molecule has 8 nitrogen and oxygen atoms in total. The van der Waals surface area contributed by atoms with Crippen LogP contribution in [0.1, 0.15) is 22.5 Å². The molecule has 0 N–H and O–H groups in total. The molecule has 3 heterocycles. The van der Waals surface area contributed by atoms with E-state index in [-0.39, 0.29) is 18.5 Å². The minimum atomic E-state index is -1.13. The van der Waals surface area contributed by atoms with Gasteiger partial charge in [-0.2, -0.15) is 0 Å². The molecule has 1 unspecified atom stereocenters. The van der Waals surface area contributed by atoms with Crippen LogP contribution in [0.4, 0.5) is 10.1 Å². The number of fused-ring (bicyclic) bond motifs is 1. The third-order valence-corrected chi connectivity index (χ3v) is 6.44. The van der Waals surface area contributed by atoms with E-state index in [0.717, 1.165) is 10.4 Å². The van der Waals surface area contributed by atoms with Crippen molar-refractivity contribution in [2.24, 2.45) is 0 Å². The van der Waals surface area contributed by atoms with Crippen LogP contribution in [0, 0.1) is 5.82 Å². The van der Waals surface area contributed by atoms with Crippen molar-refractivity contribution in [1.29, 1.82) is 0 Å². The molecule has 1 saturated heterocycles. The van der Waals surface area contributed by atoms with Crippen molar-refractivity contribution < 1.29 is 27.6 Å². The number of benzene rings is 3. The summed E-state index contributed by atoms with van der Waals surface area (Å²) in [6.07, 6.45) is 1.19. The van der Waals surface area contributed by atoms with Gasteiger partial charge in [0.25, 0.3) is 11.8 Å². The lowest BCUT2D eigenvalue weighted by molar-refractivity contribution is -0.122. The van der Waals surface area contributed by atoms with E-state index in [4.69, 9.17) is 8.83 Å². The molecule has 3 aromatic carbocycles. The molecule has 1 fully saturated rings. The Labute approximate surface area is 215 Å². The smallest absolute Gasteiger partial charge is 0.257 e. The van der Waals surface area contributed by atoms with Crippen LogP contribution >= 0.6 is 0 Å². The minimum absolute atomic E-state index is 0.103. The van der Waals surface area contributed by atoms with Crippen LogP contribution in [0.2, 0.25) is 0 Å². The van der Waals surface area contributed by atoms with Crippen LogP contribution in [0.25, 0.3) is 22.6 Å². The van der Waals surface area contributed by atoms with Gasteiger partial charge in [-0.1, -0.05) is 24.3 Å². The molecular formula is C29H20FN3O5. The predicted octanol–water partition coefficient (Wildman–Crippen LogP) is 5.20. The summed E-state index contributed by atoms with van der Waals surface area (Å²) in [6.45, 7) is -0.103. The molecule has 1 aliphatic rings. The number of amides is 3. The molecule has 3 amide bonds. The fourth-order valence-electron chi connectivity index (χ4n) is 4.56. The zero-order valence-corrected chi connectivity index (χ0v) is 19.9. The molecule has 5 aromatic rings. The van der Waals surface area contributed by atoms with Gasteiger partial charge < -0.3 is 13.7 Å². The van der Waals surface area contributed by atoms with Gasteiger partial charge in [-0.05, 0) is 60.7 Å². The first-order valence-electron chi connectivity index (χ1n) is 11.9. The van der Waals surface area contributed by atoms with Crippen molar-refractivity contribution in [3.63, 3.8) is 0 Å². The zero-order valence-electron chi connectivity index (χ0n) is 19.9. The van der Waals surface area contributed by atoms with Gasteiger partial charge in [0.1, 0.15) is 23.1 Å². The number of imide groups is 1. The van der Waals surface area contributed by atoms with Gasteiger partial charge in [-0.15, -0.1) is 0 Å². The van der Waals surface area contributed by atoms with Gasteiger partial charge >= 0.3 is 0 Å². The lowest BCUT2D eigenvalue weighted by Crippen LogP contribution is -2.45. The second kappa shape index (κ2) is 9.44. The summed E-state index contributed by atoms with van der Waals surface area (Å²) in [4.78, 5) is 46.7. The Morgan fingerprint density at radius 1 is 0.974 bits per heavy atom. The van der Waals surface area contributed by atoms with Crippen LogP contribution in [-0.4, -0.2) is 33.6 Å². The summed E-state index contributed by atoms with van der Waals surface area (Å²) >= 11 is 0. The summed E-state index contributed by atoms with van der Waals surface area (Å²) in [5, 5.41) is 0. The fourth-order valence-corrected chi connectivity index (χ4v) is 4.56. The topological polar surface area (TPSA) is 96.9 Å². The average molecular weight is 509 g/mol. The van der Waals surface area contributed by atoms with Crippen molar-refractivity contribution in [2.75, 3.05) is 4.90 Å². The Morgan fingerprint density at radius 2 is 1.74 bits per heavy atom. The number of aromatic nitrogens is 1. The summed E-state index contributed by atoms with van der Waals surface area (Å²) in [5.41, 5.74) is 2.19. The quantitative estimate of drug-likeness (QED) is 0.292. The molecule has 1 atom stereocenters. The number of carbonyl (C=O) groups excluding carboxylic acids is 3. The first-order chi connectivity index (χ1) is 18.5. The number of nitrogens with zero attached hydrogens (tertiary/aromatic N) is 3. The lowest BCUT2D eigenvalue weighted by Gasteiger charge is -2.27. The number of hydrogen-bond acceptors (Lipinski definition) is 6. The highest BCUT2D eigenvalue weighted by Crippen LogP contribution is 2.31. The van der Waals surface area contributed by atoms with Crippen LogP contribution in [0.3, 0.4) is 0 Å². The number of rotatable bonds is 6. The molecule has 1 aliphatic heterocycles. The standard InChI is InChI=1S/C29H20FN3O5/c30-22-8-2-1-7-21(22)28(35)32(17-20-6-5-15-37-20)24-16-26(34)33(29(24)36)19-13-11-18(12-14-19)27-31-23-9-3-4-10-25(23)38-27/h1-15,24H,16-17H2. The fraction of sp³-hybridized carbons (Fsp3) is 0.103. The Balaban J connectivity index is 1.29. The van der Waals surface area contributed by atoms with Crippen molar-refractivity contribution in [2.45, 2.75) is 19.0 Å². The van der Waals surface area contributed by atoms with E-state index in [2.05, 4.69) is 4.98 Å². The highest BCUT2D eigenvalue weighted by Gasteiger charge is 2.45. The monoisotopic (exact) mass is 509 g/mol. The van der Waals surface area contributed by atoms with Crippen molar-refractivity contribution in [3.05, 3.63) is 108 Å². The molecule has 38 heavy (non-hydrogen) atoms. The van der Waals surface area contributed by atoms with E-state index < -0.39 is 29.6 Å². The molecule has 6 rings (SSSR count). The van der Waals surface area contributed by atoms with Crippen molar-refractivity contribution in [3.8, 4) is 11.5 Å². The third kappa shape index (κ3) is 4.13. The summed E-state index contributed by atoms with van der Waals surface area (Å²) in [6, 6.07) is 21.7. The molecule has 0 radical (unpaired) electrons. The number of halogens is 1.